The molecule has 16 heavy (non-hydrogen) atoms. The SMILES string of the molecule is CC(C)NS(=O)(=O)c1cc(N)c(F)cc1F. The first kappa shape index (κ1) is 12.9. The van der Waals surface area contributed by atoms with Gasteiger partial charge in [0.25, 0.3) is 0 Å². The average molecular weight is 250 g/mol. The molecule has 0 aliphatic rings. The fraction of sp³-hybridized carbons (Fsp3) is 0.333. The van der Waals surface area contributed by atoms with Crippen molar-refractivity contribution < 1.29 is 17.2 Å². The van der Waals surface area contributed by atoms with E-state index in [-0.39, 0.29) is 0 Å². The average Bonchev–Trinajstić information content (AvgIpc) is 2.08. The molecule has 0 atom stereocenters. The first-order valence-corrected chi connectivity index (χ1v) is 5.99. The fourth-order valence-corrected chi connectivity index (χ4v) is 2.47. The summed E-state index contributed by atoms with van der Waals surface area (Å²) in [4.78, 5) is -0.653. The van der Waals surface area contributed by atoms with Gasteiger partial charge in [-0.25, -0.2) is 21.9 Å². The Morgan fingerprint density at radius 1 is 1.25 bits per heavy atom. The molecular weight excluding hydrogens is 238 g/mol. The predicted octanol–water partition coefficient (Wildman–Crippen LogP) is 1.23. The van der Waals surface area contributed by atoms with Crippen LogP contribution in [0, 0.1) is 11.6 Å². The molecule has 0 fully saturated rings. The van der Waals surface area contributed by atoms with Crippen LogP contribution in [0.25, 0.3) is 0 Å². The van der Waals surface area contributed by atoms with Gasteiger partial charge in [0.1, 0.15) is 16.5 Å². The summed E-state index contributed by atoms with van der Waals surface area (Å²) in [6.45, 7) is 3.17. The topological polar surface area (TPSA) is 72.2 Å². The first-order chi connectivity index (χ1) is 7.24. The van der Waals surface area contributed by atoms with Crippen LogP contribution in [0.3, 0.4) is 0 Å². The molecule has 3 N–H and O–H groups in total. The van der Waals surface area contributed by atoms with Gasteiger partial charge in [-0.2, -0.15) is 0 Å². The quantitative estimate of drug-likeness (QED) is 0.793. The summed E-state index contributed by atoms with van der Waals surface area (Å²) in [7, 11) is -4.00. The minimum absolute atomic E-state index is 0.393. The van der Waals surface area contributed by atoms with Gasteiger partial charge < -0.3 is 5.73 Å². The van der Waals surface area contributed by atoms with E-state index in [2.05, 4.69) is 4.72 Å². The Morgan fingerprint density at radius 3 is 2.31 bits per heavy atom. The normalized spacial score (nSPS) is 12.1. The molecule has 0 bridgehead atoms. The van der Waals surface area contributed by atoms with Gasteiger partial charge in [0.2, 0.25) is 10.0 Å². The second-order valence-electron chi connectivity index (χ2n) is 3.58. The summed E-state index contributed by atoms with van der Waals surface area (Å²) < 4.78 is 51.5. The van der Waals surface area contributed by atoms with E-state index in [9.17, 15) is 17.2 Å². The van der Waals surface area contributed by atoms with Crippen LogP contribution in [-0.4, -0.2) is 14.5 Å². The number of hydrogen-bond donors (Lipinski definition) is 2. The van der Waals surface area contributed by atoms with Gasteiger partial charge in [-0.05, 0) is 19.9 Å². The Morgan fingerprint density at radius 2 is 1.81 bits per heavy atom. The Balaban J connectivity index is 3.29. The number of anilines is 1. The van der Waals surface area contributed by atoms with E-state index < -0.39 is 38.3 Å². The highest BCUT2D eigenvalue weighted by Gasteiger charge is 2.21. The van der Waals surface area contributed by atoms with Crippen molar-refractivity contribution in [2.45, 2.75) is 24.8 Å². The zero-order valence-corrected chi connectivity index (χ0v) is 9.61. The van der Waals surface area contributed by atoms with Crippen LogP contribution in [0.1, 0.15) is 13.8 Å². The van der Waals surface area contributed by atoms with E-state index in [1.807, 2.05) is 0 Å². The van der Waals surface area contributed by atoms with Crippen molar-refractivity contribution in [2.75, 3.05) is 5.73 Å². The second-order valence-corrected chi connectivity index (χ2v) is 5.26. The number of hydrogen-bond acceptors (Lipinski definition) is 3. The Kier molecular flexibility index (Phi) is 3.49. The highest BCUT2D eigenvalue weighted by Crippen LogP contribution is 2.20. The number of nitrogen functional groups attached to an aromatic ring is 1. The lowest BCUT2D eigenvalue weighted by Gasteiger charge is -2.10. The smallest absolute Gasteiger partial charge is 0.243 e. The number of halogens is 2. The largest absolute Gasteiger partial charge is 0.396 e. The van der Waals surface area contributed by atoms with Gasteiger partial charge >= 0.3 is 0 Å². The van der Waals surface area contributed by atoms with E-state index in [0.29, 0.717) is 6.07 Å². The molecule has 1 rings (SSSR count). The Hall–Kier alpha value is -1.21. The van der Waals surface area contributed by atoms with Crippen LogP contribution in [-0.2, 0) is 10.0 Å². The van der Waals surface area contributed by atoms with Crippen LogP contribution >= 0.6 is 0 Å². The number of nitrogens with one attached hydrogen (secondary N) is 1. The van der Waals surface area contributed by atoms with Gasteiger partial charge in [0, 0.05) is 12.1 Å². The molecule has 0 amide bonds. The van der Waals surface area contributed by atoms with Gasteiger partial charge in [-0.15, -0.1) is 0 Å². The molecule has 0 aromatic heterocycles. The molecule has 1 aromatic carbocycles. The summed E-state index contributed by atoms with van der Waals surface area (Å²) in [5, 5.41) is 0. The maximum absolute atomic E-state index is 13.3. The van der Waals surface area contributed by atoms with Crippen molar-refractivity contribution >= 4 is 15.7 Å². The lowest BCUT2D eigenvalue weighted by atomic mass is 10.3. The molecule has 0 aliphatic carbocycles. The van der Waals surface area contributed by atoms with Crippen molar-refractivity contribution in [3.05, 3.63) is 23.8 Å². The maximum Gasteiger partial charge on any atom is 0.243 e. The molecular formula is C9H12F2N2O2S. The van der Waals surface area contributed by atoms with E-state index in [1.165, 1.54) is 0 Å². The van der Waals surface area contributed by atoms with Gasteiger partial charge in [0.15, 0.2) is 0 Å². The molecule has 1 aromatic rings. The minimum Gasteiger partial charge on any atom is -0.396 e. The van der Waals surface area contributed by atoms with Crippen molar-refractivity contribution in [3.63, 3.8) is 0 Å². The molecule has 0 spiro atoms. The van der Waals surface area contributed by atoms with E-state index in [4.69, 9.17) is 5.73 Å². The Bertz CT molecular complexity index is 500. The number of rotatable bonds is 3. The summed E-state index contributed by atoms with van der Waals surface area (Å²) in [6, 6.07) is 0.815. The molecule has 4 nitrogen and oxygen atoms in total. The summed E-state index contributed by atoms with van der Waals surface area (Å²) in [6.07, 6.45) is 0. The van der Waals surface area contributed by atoms with Gasteiger partial charge in [-0.3, -0.25) is 0 Å². The molecule has 90 valence electrons. The molecule has 0 heterocycles. The zero-order valence-electron chi connectivity index (χ0n) is 8.79. The highest BCUT2D eigenvalue weighted by atomic mass is 32.2. The van der Waals surface area contributed by atoms with Crippen LogP contribution in [0.4, 0.5) is 14.5 Å². The van der Waals surface area contributed by atoms with E-state index in [1.54, 1.807) is 13.8 Å². The van der Waals surface area contributed by atoms with Crippen molar-refractivity contribution in [2.24, 2.45) is 0 Å². The number of benzene rings is 1. The van der Waals surface area contributed by atoms with Crippen LogP contribution in [0.2, 0.25) is 0 Å². The first-order valence-electron chi connectivity index (χ1n) is 4.51. The van der Waals surface area contributed by atoms with E-state index in [0.717, 1.165) is 6.07 Å². The highest BCUT2D eigenvalue weighted by molar-refractivity contribution is 7.89. The second kappa shape index (κ2) is 4.34. The summed E-state index contributed by atoms with van der Waals surface area (Å²) in [5.41, 5.74) is 4.77. The van der Waals surface area contributed by atoms with Crippen molar-refractivity contribution in [3.8, 4) is 0 Å². The van der Waals surface area contributed by atoms with Crippen LogP contribution < -0.4 is 10.5 Å². The Labute approximate surface area is 92.5 Å². The van der Waals surface area contributed by atoms with Crippen LogP contribution in [0.5, 0.6) is 0 Å². The molecule has 7 heteroatoms. The minimum atomic E-state index is -4.00. The molecule has 0 radical (unpaired) electrons. The lowest BCUT2D eigenvalue weighted by Crippen LogP contribution is -2.31. The maximum atomic E-state index is 13.3. The zero-order chi connectivity index (χ0) is 12.5. The van der Waals surface area contributed by atoms with Crippen molar-refractivity contribution in [1.82, 2.24) is 4.72 Å². The molecule has 0 saturated carbocycles. The monoisotopic (exact) mass is 250 g/mol. The molecule has 0 unspecified atom stereocenters. The number of sulfonamides is 1. The third-order valence-corrected chi connectivity index (χ3v) is 3.41. The predicted molar refractivity (Wildman–Crippen MR) is 56.2 cm³/mol. The standard InChI is InChI=1S/C9H12F2N2O2S/c1-5(2)13-16(14,15)9-4-8(12)6(10)3-7(9)11/h3-5,13H,12H2,1-2H3. The van der Waals surface area contributed by atoms with Gasteiger partial charge in [-0.1, -0.05) is 0 Å². The number of nitrogens with two attached hydrogens (primary N) is 1. The summed E-state index contributed by atoms with van der Waals surface area (Å²) in [5.74, 6) is -2.15. The molecule has 0 aliphatic heterocycles. The van der Waals surface area contributed by atoms with Gasteiger partial charge in [0.05, 0.1) is 5.69 Å². The molecule has 0 saturated heterocycles. The fourth-order valence-electron chi connectivity index (χ4n) is 1.12. The van der Waals surface area contributed by atoms with E-state index >= 15 is 0 Å². The summed E-state index contributed by atoms with van der Waals surface area (Å²) >= 11 is 0. The third kappa shape index (κ3) is 2.67. The third-order valence-electron chi connectivity index (χ3n) is 1.73. The lowest BCUT2D eigenvalue weighted by molar-refractivity contribution is 0.539. The van der Waals surface area contributed by atoms with Crippen molar-refractivity contribution in [1.29, 1.82) is 0 Å². The van der Waals surface area contributed by atoms with Crippen LogP contribution in [0.15, 0.2) is 17.0 Å².